The zero-order chi connectivity index (χ0) is 22.8. The van der Waals surface area contributed by atoms with Gasteiger partial charge in [0.25, 0.3) is 5.56 Å². The molecule has 1 atom stereocenters. The average molecular weight is 474 g/mol. The minimum absolute atomic E-state index is 0.0477. The highest BCUT2D eigenvalue weighted by Gasteiger charge is 2.32. The largest absolute Gasteiger partial charge is 0.502 e. The van der Waals surface area contributed by atoms with E-state index in [0.29, 0.717) is 27.1 Å². The second-order valence-electron chi connectivity index (χ2n) is 7.13. The zero-order valence-corrected chi connectivity index (χ0v) is 18.8. The van der Waals surface area contributed by atoms with Crippen molar-refractivity contribution in [1.82, 2.24) is 9.97 Å². The summed E-state index contributed by atoms with van der Waals surface area (Å²) >= 11 is 7.26. The van der Waals surface area contributed by atoms with Crippen LogP contribution in [0.15, 0.2) is 46.3 Å². The second kappa shape index (κ2) is 9.13. The second-order valence-corrected chi connectivity index (χ2v) is 8.53. The number of nitrogens with one attached hydrogen (secondary N) is 2. The molecule has 10 heteroatoms. The number of hydrogen-bond acceptors (Lipinski definition) is 7. The van der Waals surface area contributed by atoms with Crippen molar-refractivity contribution >= 4 is 35.1 Å². The summed E-state index contributed by atoms with van der Waals surface area (Å²) < 4.78 is 10.4. The van der Waals surface area contributed by atoms with Crippen LogP contribution in [0.3, 0.4) is 0 Å². The molecular weight excluding hydrogens is 454 g/mol. The van der Waals surface area contributed by atoms with E-state index in [2.05, 4.69) is 15.3 Å². The third-order valence-electron chi connectivity index (χ3n) is 5.12. The van der Waals surface area contributed by atoms with Crippen molar-refractivity contribution in [3.8, 4) is 17.2 Å². The molecule has 1 aliphatic rings. The van der Waals surface area contributed by atoms with Crippen LogP contribution in [0.25, 0.3) is 0 Å². The summed E-state index contributed by atoms with van der Waals surface area (Å²) in [5, 5.41) is 13.9. The number of aromatic amines is 1. The molecule has 0 bridgehead atoms. The Labute approximate surface area is 192 Å². The SMILES string of the molecule is COc1cc(C2CC(=O)Nc3nc(SCc4ccc(Cl)cc4)[nH]c(=O)c32)cc(OC)c1O. The number of phenols is 1. The minimum atomic E-state index is -0.575. The van der Waals surface area contributed by atoms with Gasteiger partial charge in [-0.15, -0.1) is 0 Å². The van der Waals surface area contributed by atoms with Crippen LogP contribution in [-0.4, -0.2) is 35.2 Å². The highest BCUT2D eigenvalue weighted by molar-refractivity contribution is 7.98. The highest BCUT2D eigenvalue weighted by atomic mass is 35.5. The number of H-pyrrole nitrogens is 1. The number of anilines is 1. The standard InChI is InChI=1S/C22H20ClN3O5S/c1-30-15-7-12(8-16(31-2)19(15)28)14-9-17(27)24-20-18(14)21(29)26-22(25-20)32-10-11-3-5-13(23)6-4-11/h3-8,14,28H,9-10H2,1-2H3,(H2,24,25,26,27,29). The summed E-state index contributed by atoms with van der Waals surface area (Å²) in [7, 11) is 2.83. The van der Waals surface area contributed by atoms with Crippen molar-refractivity contribution in [2.24, 2.45) is 0 Å². The Hall–Kier alpha value is -3.17. The molecule has 1 aliphatic heterocycles. The van der Waals surface area contributed by atoms with Gasteiger partial charge in [0.15, 0.2) is 16.7 Å². The number of halogens is 1. The van der Waals surface area contributed by atoms with E-state index in [1.165, 1.54) is 26.0 Å². The number of methoxy groups -OCH3 is 2. The Kier molecular flexibility index (Phi) is 6.29. The van der Waals surface area contributed by atoms with Gasteiger partial charge < -0.3 is 24.9 Å². The van der Waals surface area contributed by atoms with Crippen molar-refractivity contribution in [3.63, 3.8) is 0 Å². The van der Waals surface area contributed by atoms with Gasteiger partial charge in [-0.25, -0.2) is 4.98 Å². The number of phenolic OH excluding ortho intramolecular Hbond substituents is 1. The number of carbonyl (C=O) groups is 1. The van der Waals surface area contributed by atoms with E-state index >= 15 is 0 Å². The molecule has 1 amide bonds. The summed E-state index contributed by atoms with van der Waals surface area (Å²) in [5.74, 6) is 0.175. The van der Waals surface area contributed by atoms with Crippen LogP contribution in [0.4, 0.5) is 5.82 Å². The number of benzene rings is 2. The molecule has 166 valence electrons. The van der Waals surface area contributed by atoms with Gasteiger partial charge in [-0.05, 0) is 35.4 Å². The number of hydrogen-bond donors (Lipinski definition) is 3. The van der Waals surface area contributed by atoms with E-state index in [1.54, 1.807) is 24.3 Å². The summed E-state index contributed by atoms with van der Waals surface area (Å²) in [6, 6.07) is 10.6. The first-order valence-electron chi connectivity index (χ1n) is 9.65. The number of carbonyl (C=O) groups excluding carboxylic acids is 1. The van der Waals surface area contributed by atoms with Gasteiger partial charge in [0.05, 0.1) is 19.8 Å². The fourth-order valence-electron chi connectivity index (χ4n) is 3.55. The van der Waals surface area contributed by atoms with Crippen LogP contribution in [0.2, 0.25) is 5.02 Å². The maximum atomic E-state index is 13.0. The molecule has 0 fully saturated rings. The van der Waals surface area contributed by atoms with E-state index in [9.17, 15) is 14.7 Å². The number of rotatable bonds is 6. The molecule has 2 heterocycles. The van der Waals surface area contributed by atoms with Gasteiger partial charge in [-0.3, -0.25) is 9.59 Å². The first-order chi connectivity index (χ1) is 15.4. The monoisotopic (exact) mass is 473 g/mol. The first kappa shape index (κ1) is 22.0. The van der Waals surface area contributed by atoms with Gasteiger partial charge in [0, 0.05) is 23.1 Å². The number of aromatic hydroxyl groups is 1. The lowest BCUT2D eigenvalue weighted by molar-refractivity contribution is -0.116. The fraction of sp³-hybridized carbons (Fsp3) is 0.227. The zero-order valence-electron chi connectivity index (χ0n) is 17.3. The molecule has 1 unspecified atom stereocenters. The summed E-state index contributed by atoms with van der Waals surface area (Å²) in [6.07, 6.45) is 0.0477. The summed E-state index contributed by atoms with van der Waals surface area (Å²) in [4.78, 5) is 32.7. The van der Waals surface area contributed by atoms with Crippen LogP contribution in [0.1, 0.15) is 29.0 Å². The van der Waals surface area contributed by atoms with Crippen molar-refractivity contribution in [2.75, 3.05) is 19.5 Å². The number of fused-ring (bicyclic) bond motifs is 1. The molecule has 3 N–H and O–H groups in total. The number of ether oxygens (including phenoxy) is 2. The average Bonchev–Trinajstić information content (AvgIpc) is 2.78. The van der Waals surface area contributed by atoms with Crippen molar-refractivity contribution in [3.05, 3.63) is 68.5 Å². The lowest BCUT2D eigenvalue weighted by Crippen LogP contribution is -2.31. The van der Waals surface area contributed by atoms with Crippen molar-refractivity contribution in [2.45, 2.75) is 23.2 Å². The lowest BCUT2D eigenvalue weighted by Gasteiger charge is -2.25. The molecule has 4 rings (SSSR count). The molecule has 8 nitrogen and oxygen atoms in total. The van der Waals surface area contributed by atoms with Crippen LogP contribution < -0.4 is 20.3 Å². The Balaban J connectivity index is 1.69. The predicted molar refractivity (Wildman–Crippen MR) is 122 cm³/mol. The van der Waals surface area contributed by atoms with Crippen molar-refractivity contribution in [1.29, 1.82) is 0 Å². The maximum Gasteiger partial charge on any atom is 0.257 e. The summed E-state index contributed by atoms with van der Waals surface area (Å²) in [5.41, 5.74) is 1.62. The Bertz CT molecular complexity index is 1200. The third kappa shape index (κ3) is 4.39. The molecule has 0 aliphatic carbocycles. The molecule has 0 saturated carbocycles. The highest BCUT2D eigenvalue weighted by Crippen LogP contribution is 2.43. The first-order valence-corrected chi connectivity index (χ1v) is 11.0. The van der Waals surface area contributed by atoms with Crippen LogP contribution in [-0.2, 0) is 10.5 Å². The molecule has 0 radical (unpaired) electrons. The summed E-state index contributed by atoms with van der Waals surface area (Å²) in [6.45, 7) is 0. The normalized spacial score (nSPS) is 15.1. The number of amides is 1. The van der Waals surface area contributed by atoms with E-state index < -0.39 is 5.92 Å². The van der Waals surface area contributed by atoms with Gasteiger partial charge in [-0.2, -0.15) is 0 Å². The third-order valence-corrected chi connectivity index (χ3v) is 6.32. The topological polar surface area (TPSA) is 114 Å². The van der Waals surface area contributed by atoms with Crippen LogP contribution in [0.5, 0.6) is 17.2 Å². The Morgan fingerprint density at radius 3 is 2.44 bits per heavy atom. The van der Waals surface area contributed by atoms with Gasteiger partial charge in [0.2, 0.25) is 11.7 Å². The lowest BCUT2D eigenvalue weighted by atomic mass is 9.86. The van der Waals surface area contributed by atoms with Crippen LogP contribution >= 0.6 is 23.4 Å². The van der Waals surface area contributed by atoms with E-state index in [0.717, 1.165) is 5.56 Å². The predicted octanol–water partition coefficient (Wildman–Crippen LogP) is 3.91. The molecule has 32 heavy (non-hydrogen) atoms. The van der Waals surface area contributed by atoms with Crippen molar-refractivity contribution < 1.29 is 19.4 Å². The molecule has 1 aromatic heterocycles. The van der Waals surface area contributed by atoms with Gasteiger partial charge >= 0.3 is 0 Å². The molecular formula is C22H20ClN3O5S. The fourth-order valence-corrected chi connectivity index (χ4v) is 4.49. The molecule has 0 saturated heterocycles. The van der Waals surface area contributed by atoms with E-state index in [-0.39, 0.29) is 41.0 Å². The number of nitrogens with zero attached hydrogens (tertiary/aromatic N) is 1. The molecule has 3 aromatic rings. The maximum absolute atomic E-state index is 13.0. The van der Waals surface area contributed by atoms with E-state index in [1.807, 2.05) is 12.1 Å². The van der Waals surface area contributed by atoms with Gasteiger partial charge in [-0.1, -0.05) is 35.5 Å². The quantitative estimate of drug-likeness (QED) is 0.367. The Morgan fingerprint density at radius 1 is 1.16 bits per heavy atom. The number of aromatic nitrogens is 2. The molecule has 2 aromatic carbocycles. The smallest absolute Gasteiger partial charge is 0.257 e. The van der Waals surface area contributed by atoms with E-state index in [4.69, 9.17) is 21.1 Å². The van der Waals surface area contributed by atoms with Crippen LogP contribution in [0, 0.1) is 0 Å². The minimum Gasteiger partial charge on any atom is -0.502 e. The number of thioether (sulfide) groups is 1. The Morgan fingerprint density at radius 2 is 1.81 bits per heavy atom. The van der Waals surface area contributed by atoms with Gasteiger partial charge in [0.1, 0.15) is 5.82 Å². The molecule has 0 spiro atoms.